The molecule has 0 fully saturated rings. The lowest BCUT2D eigenvalue weighted by molar-refractivity contribution is 0.840. The molecule has 0 aliphatic heterocycles. The van der Waals surface area contributed by atoms with Crippen molar-refractivity contribution in [3.63, 3.8) is 0 Å². The summed E-state index contributed by atoms with van der Waals surface area (Å²) in [5.74, 6) is 0. The zero-order chi connectivity index (χ0) is 14.7. The van der Waals surface area contributed by atoms with Crippen molar-refractivity contribution in [1.82, 2.24) is 0 Å². The second-order valence-corrected chi connectivity index (χ2v) is 6.35. The smallest absolute Gasteiger partial charge is 0.0666 e. The second kappa shape index (κ2) is 6.75. The number of hydrogen-bond donors (Lipinski definition) is 1. The zero-order valence-electron chi connectivity index (χ0n) is 12.4. The number of hydrogen-bond acceptors (Lipinski definition) is 2. The van der Waals surface area contributed by atoms with Gasteiger partial charge in [-0.25, -0.2) is 0 Å². The summed E-state index contributed by atoms with van der Waals surface area (Å²) in [6, 6.07) is 6.42. The van der Waals surface area contributed by atoms with Gasteiger partial charge in [-0.2, -0.15) is 0 Å². The molecule has 0 saturated heterocycles. The maximum Gasteiger partial charge on any atom is 0.0666 e. The summed E-state index contributed by atoms with van der Waals surface area (Å²) in [6.07, 6.45) is 3.08. The van der Waals surface area contributed by atoms with E-state index in [0.29, 0.717) is 0 Å². The molecule has 2 N–H and O–H groups in total. The van der Waals surface area contributed by atoms with Crippen LogP contribution in [0.15, 0.2) is 23.6 Å². The van der Waals surface area contributed by atoms with Gasteiger partial charge in [-0.3, -0.25) is 0 Å². The summed E-state index contributed by atoms with van der Waals surface area (Å²) in [5.41, 5.74) is 11.9. The van der Waals surface area contributed by atoms with E-state index in [1.807, 2.05) is 11.4 Å². The van der Waals surface area contributed by atoms with Gasteiger partial charge in [0.25, 0.3) is 0 Å². The minimum Gasteiger partial charge on any atom is -0.320 e. The monoisotopic (exact) mass is 307 g/mol. The fourth-order valence-corrected chi connectivity index (χ4v) is 3.88. The number of halogens is 1. The van der Waals surface area contributed by atoms with E-state index in [9.17, 15) is 0 Å². The van der Waals surface area contributed by atoms with Gasteiger partial charge in [-0.15, -0.1) is 11.3 Å². The summed E-state index contributed by atoms with van der Waals surface area (Å²) in [6.45, 7) is 6.59. The van der Waals surface area contributed by atoms with Crippen molar-refractivity contribution < 1.29 is 0 Å². The van der Waals surface area contributed by atoms with Crippen LogP contribution in [0.25, 0.3) is 0 Å². The largest absolute Gasteiger partial charge is 0.320 e. The van der Waals surface area contributed by atoms with Gasteiger partial charge in [0.05, 0.1) is 11.1 Å². The van der Waals surface area contributed by atoms with Crippen molar-refractivity contribution in [1.29, 1.82) is 0 Å². The van der Waals surface area contributed by atoms with Crippen LogP contribution in [0.5, 0.6) is 0 Å². The summed E-state index contributed by atoms with van der Waals surface area (Å²) in [5, 5.41) is 2.79. The standard InChI is InChI=1S/C17H22ClNS/c1-4-11-9-12(5-2)15(13(6-3)10-11)16(19)17-14(18)7-8-20-17/h7-10,16H,4-6,19H2,1-3H3. The van der Waals surface area contributed by atoms with Crippen molar-refractivity contribution in [2.75, 3.05) is 0 Å². The topological polar surface area (TPSA) is 26.0 Å². The number of aryl methyl sites for hydroxylation is 3. The number of nitrogens with two attached hydrogens (primary N) is 1. The highest BCUT2D eigenvalue weighted by Gasteiger charge is 2.20. The average molecular weight is 308 g/mol. The van der Waals surface area contributed by atoms with E-state index >= 15 is 0 Å². The minimum absolute atomic E-state index is 0.113. The summed E-state index contributed by atoms with van der Waals surface area (Å²) < 4.78 is 0. The number of rotatable bonds is 5. The zero-order valence-corrected chi connectivity index (χ0v) is 13.9. The first-order chi connectivity index (χ1) is 9.62. The fourth-order valence-electron chi connectivity index (χ4n) is 2.70. The van der Waals surface area contributed by atoms with Crippen LogP contribution >= 0.6 is 22.9 Å². The summed E-state index contributed by atoms with van der Waals surface area (Å²) in [4.78, 5) is 1.07. The van der Waals surface area contributed by atoms with Gasteiger partial charge in [-0.05, 0) is 53.0 Å². The van der Waals surface area contributed by atoms with Crippen LogP contribution in [0.4, 0.5) is 0 Å². The van der Waals surface area contributed by atoms with Crippen molar-refractivity contribution in [3.8, 4) is 0 Å². The minimum atomic E-state index is -0.113. The average Bonchev–Trinajstić information content (AvgIpc) is 2.91. The first kappa shape index (κ1) is 15.6. The van der Waals surface area contributed by atoms with E-state index in [0.717, 1.165) is 29.2 Å². The molecular formula is C17H22ClNS. The van der Waals surface area contributed by atoms with Crippen molar-refractivity contribution >= 4 is 22.9 Å². The molecule has 2 rings (SSSR count). The van der Waals surface area contributed by atoms with Gasteiger partial charge >= 0.3 is 0 Å². The first-order valence-electron chi connectivity index (χ1n) is 7.25. The van der Waals surface area contributed by atoms with Gasteiger partial charge in [0.1, 0.15) is 0 Å². The highest BCUT2D eigenvalue weighted by Crippen LogP contribution is 2.35. The third-order valence-corrected chi connectivity index (χ3v) is 5.26. The van der Waals surface area contributed by atoms with Crippen LogP contribution < -0.4 is 5.73 Å². The molecule has 1 unspecified atom stereocenters. The van der Waals surface area contributed by atoms with Crippen LogP contribution in [-0.4, -0.2) is 0 Å². The van der Waals surface area contributed by atoms with Gasteiger partial charge in [-0.1, -0.05) is 44.5 Å². The Morgan fingerprint density at radius 2 is 1.70 bits per heavy atom. The highest BCUT2D eigenvalue weighted by molar-refractivity contribution is 7.10. The van der Waals surface area contributed by atoms with E-state index in [1.54, 1.807) is 11.3 Å². The quantitative estimate of drug-likeness (QED) is 0.813. The predicted octanol–water partition coefficient (Wildman–Crippen LogP) is 5.14. The molecule has 0 bridgehead atoms. The Labute approximate surface area is 130 Å². The fraction of sp³-hybridized carbons (Fsp3) is 0.412. The molecule has 2 aromatic rings. The van der Waals surface area contributed by atoms with E-state index in [2.05, 4.69) is 32.9 Å². The maximum absolute atomic E-state index is 6.53. The summed E-state index contributed by atoms with van der Waals surface area (Å²) >= 11 is 7.91. The third-order valence-electron chi connectivity index (χ3n) is 3.82. The van der Waals surface area contributed by atoms with E-state index in [1.165, 1.54) is 22.3 Å². The van der Waals surface area contributed by atoms with Gasteiger partial charge < -0.3 is 5.73 Å². The number of thiophene rings is 1. The molecule has 1 aromatic carbocycles. The molecule has 1 nitrogen and oxygen atoms in total. The molecule has 0 aliphatic carbocycles. The van der Waals surface area contributed by atoms with E-state index in [4.69, 9.17) is 17.3 Å². The molecule has 1 atom stereocenters. The maximum atomic E-state index is 6.53. The molecule has 108 valence electrons. The normalized spacial score (nSPS) is 12.7. The van der Waals surface area contributed by atoms with Crippen molar-refractivity contribution in [3.05, 3.63) is 55.7 Å². The van der Waals surface area contributed by atoms with Crippen LogP contribution in [-0.2, 0) is 19.3 Å². The highest BCUT2D eigenvalue weighted by atomic mass is 35.5. The van der Waals surface area contributed by atoms with E-state index in [-0.39, 0.29) is 6.04 Å². The molecular weight excluding hydrogens is 286 g/mol. The Morgan fingerprint density at radius 1 is 1.10 bits per heavy atom. The lowest BCUT2D eigenvalue weighted by Gasteiger charge is -2.21. The Balaban J connectivity index is 2.57. The van der Waals surface area contributed by atoms with Gasteiger partial charge in [0.2, 0.25) is 0 Å². The third kappa shape index (κ3) is 2.93. The summed E-state index contributed by atoms with van der Waals surface area (Å²) in [7, 11) is 0. The van der Waals surface area contributed by atoms with Crippen LogP contribution in [0, 0.1) is 0 Å². The SMILES string of the molecule is CCc1cc(CC)c(C(N)c2sccc2Cl)c(CC)c1. The Hall–Kier alpha value is -0.830. The number of benzene rings is 1. The van der Waals surface area contributed by atoms with Crippen LogP contribution in [0.2, 0.25) is 5.02 Å². The molecule has 1 aromatic heterocycles. The molecule has 20 heavy (non-hydrogen) atoms. The van der Waals surface area contributed by atoms with Crippen molar-refractivity contribution in [2.45, 2.75) is 46.1 Å². The molecule has 0 spiro atoms. The van der Waals surface area contributed by atoms with Gasteiger partial charge in [0.15, 0.2) is 0 Å². The first-order valence-corrected chi connectivity index (χ1v) is 8.51. The lowest BCUT2D eigenvalue weighted by Crippen LogP contribution is -2.16. The van der Waals surface area contributed by atoms with Crippen LogP contribution in [0.1, 0.15) is 53.9 Å². The molecule has 0 amide bonds. The van der Waals surface area contributed by atoms with Crippen LogP contribution in [0.3, 0.4) is 0 Å². The molecule has 0 saturated carbocycles. The molecule has 1 heterocycles. The Morgan fingerprint density at radius 3 is 2.10 bits per heavy atom. The van der Waals surface area contributed by atoms with Crippen molar-refractivity contribution in [2.24, 2.45) is 5.73 Å². The second-order valence-electron chi connectivity index (χ2n) is 5.00. The van der Waals surface area contributed by atoms with Gasteiger partial charge in [0, 0.05) is 4.88 Å². The molecule has 3 heteroatoms. The lowest BCUT2D eigenvalue weighted by atomic mass is 9.89. The predicted molar refractivity (Wildman–Crippen MR) is 89.9 cm³/mol. The Kier molecular flexibility index (Phi) is 5.25. The Bertz CT molecular complexity index is 563. The molecule has 0 aliphatic rings. The van der Waals surface area contributed by atoms with E-state index < -0.39 is 0 Å². The molecule has 0 radical (unpaired) electrons.